The van der Waals surface area contributed by atoms with Crippen molar-refractivity contribution in [1.29, 1.82) is 0 Å². The average Bonchev–Trinajstić information content (AvgIpc) is 3.42. The number of aryl methyl sites for hydroxylation is 1. The maximum Gasteiger partial charge on any atom is 0.258 e. The van der Waals surface area contributed by atoms with Crippen molar-refractivity contribution in [3.8, 4) is 5.75 Å². The van der Waals surface area contributed by atoms with Crippen molar-refractivity contribution in [2.45, 2.75) is 45.2 Å². The summed E-state index contributed by atoms with van der Waals surface area (Å²) >= 11 is 0. The van der Waals surface area contributed by atoms with Crippen molar-refractivity contribution < 1.29 is 13.9 Å². The second kappa shape index (κ2) is 7.31. The van der Waals surface area contributed by atoms with E-state index in [2.05, 4.69) is 21.8 Å². The van der Waals surface area contributed by atoms with E-state index >= 15 is 0 Å². The second-order valence-electron chi connectivity index (χ2n) is 8.34. The van der Waals surface area contributed by atoms with E-state index in [1.165, 1.54) is 6.33 Å². The summed E-state index contributed by atoms with van der Waals surface area (Å²) in [6, 6.07) is 7.62. The minimum Gasteiger partial charge on any atom is -0.497 e. The van der Waals surface area contributed by atoms with Crippen LogP contribution in [0.15, 0.2) is 35.0 Å². The average molecular weight is 409 g/mol. The maximum absolute atomic E-state index is 13.6. The second-order valence-corrected chi connectivity index (χ2v) is 8.34. The quantitative estimate of drug-likeness (QED) is 0.603. The molecule has 1 aromatic carbocycles. The molecule has 1 aliphatic carbocycles. The highest BCUT2D eigenvalue weighted by atomic mass is 16.5. The van der Waals surface area contributed by atoms with E-state index in [0.29, 0.717) is 22.4 Å². The predicted molar refractivity (Wildman–Crippen MR) is 116 cm³/mol. The molecule has 0 saturated heterocycles. The molecule has 4 rings (SSSR count). The van der Waals surface area contributed by atoms with E-state index in [-0.39, 0.29) is 17.5 Å². The highest BCUT2D eigenvalue weighted by Crippen LogP contribution is 2.44. The van der Waals surface area contributed by atoms with Crippen LogP contribution in [-0.2, 0) is 0 Å². The first-order valence-corrected chi connectivity index (χ1v) is 10.2. The van der Waals surface area contributed by atoms with Crippen LogP contribution >= 0.6 is 0 Å². The van der Waals surface area contributed by atoms with Gasteiger partial charge in [0.05, 0.1) is 24.1 Å². The van der Waals surface area contributed by atoms with Gasteiger partial charge in [-0.1, -0.05) is 12.1 Å². The number of fused-ring (bicyclic) bond motifs is 1. The molecule has 1 fully saturated rings. The molecule has 1 aliphatic rings. The van der Waals surface area contributed by atoms with Crippen LogP contribution in [-0.4, -0.2) is 47.5 Å². The molecule has 30 heavy (non-hydrogen) atoms. The number of rotatable bonds is 6. The lowest BCUT2D eigenvalue weighted by Gasteiger charge is -2.28. The van der Waals surface area contributed by atoms with Crippen LogP contribution in [0.3, 0.4) is 0 Å². The molecule has 0 aliphatic heterocycles. The van der Waals surface area contributed by atoms with Crippen molar-refractivity contribution in [2.24, 2.45) is 0 Å². The van der Waals surface area contributed by atoms with Gasteiger partial charge in [-0.25, -0.2) is 9.97 Å². The first-order valence-electron chi connectivity index (χ1n) is 10.2. The van der Waals surface area contributed by atoms with E-state index in [1.54, 1.807) is 19.1 Å². The molecule has 1 atom stereocenters. The summed E-state index contributed by atoms with van der Waals surface area (Å²) < 4.78 is 11.2. The lowest BCUT2D eigenvalue weighted by Crippen LogP contribution is -2.33. The molecule has 0 radical (unpaired) electrons. The fourth-order valence-electron chi connectivity index (χ4n) is 3.79. The molecule has 1 amide bonds. The zero-order chi connectivity index (χ0) is 21.6. The minimum absolute atomic E-state index is 0.0621. The normalized spacial score (nSPS) is 15.7. The fourth-order valence-corrected chi connectivity index (χ4v) is 3.79. The van der Waals surface area contributed by atoms with Crippen molar-refractivity contribution >= 4 is 22.8 Å². The van der Waals surface area contributed by atoms with Gasteiger partial charge in [-0.05, 0) is 51.3 Å². The predicted octanol–water partition coefficient (Wildman–Crippen LogP) is 4.36. The van der Waals surface area contributed by atoms with Crippen molar-refractivity contribution in [1.82, 2.24) is 14.9 Å². The monoisotopic (exact) mass is 408 g/mol. The van der Waals surface area contributed by atoms with Crippen LogP contribution < -0.4 is 9.64 Å². The zero-order valence-electron chi connectivity index (χ0n) is 18.4. The molecular weight excluding hydrogens is 380 g/mol. The number of aromatic nitrogens is 2. The summed E-state index contributed by atoms with van der Waals surface area (Å²) in [5.41, 5.74) is 2.02. The molecule has 7 nitrogen and oxygen atoms in total. The van der Waals surface area contributed by atoms with Gasteiger partial charge in [-0.15, -0.1) is 0 Å². The Kier molecular flexibility index (Phi) is 4.92. The third kappa shape index (κ3) is 3.28. The number of nitrogens with zero attached hydrogens (tertiary/aromatic N) is 4. The molecule has 158 valence electrons. The van der Waals surface area contributed by atoms with E-state index in [4.69, 9.17) is 9.15 Å². The lowest BCUT2D eigenvalue weighted by atomic mass is 10.0. The fraction of sp³-hybridized carbons (Fsp3) is 0.435. The van der Waals surface area contributed by atoms with Crippen LogP contribution in [0.1, 0.15) is 54.4 Å². The number of amides is 1. The van der Waals surface area contributed by atoms with Crippen LogP contribution in [0, 0.1) is 6.92 Å². The highest BCUT2D eigenvalue weighted by Gasteiger charge is 2.43. The minimum atomic E-state index is -0.149. The Hall–Kier alpha value is -3.09. The first kappa shape index (κ1) is 20.2. The number of anilines is 1. The van der Waals surface area contributed by atoms with Gasteiger partial charge in [0.15, 0.2) is 0 Å². The number of carbonyl (C=O) groups is 1. The topological polar surface area (TPSA) is 71.7 Å². The number of ether oxygens (including phenoxy) is 1. The van der Waals surface area contributed by atoms with Crippen LogP contribution in [0.25, 0.3) is 11.1 Å². The lowest BCUT2D eigenvalue weighted by molar-refractivity contribution is 0.0742. The van der Waals surface area contributed by atoms with Gasteiger partial charge in [0.1, 0.15) is 23.7 Å². The van der Waals surface area contributed by atoms with Gasteiger partial charge >= 0.3 is 0 Å². The summed E-state index contributed by atoms with van der Waals surface area (Å²) in [5.74, 6) is 1.94. The van der Waals surface area contributed by atoms with E-state index in [1.807, 2.05) is 45.2 Å². The van der Waals surface area contributed by atoms with Crippen LogP contribution in [0.5, 0.6) is 5.75 Å². The summed E-state index contributed by atoms with van der Waals surface area (Å²) in [4.78, 5) is 26.3. The third-order valence-electron chi connectivity index (χ3n) is 6.44. The van der Waals surface area contributed by atoms with Crippen molar-refractivity contribution in [2.75, 3.05) is 26.1 Å². The smallest absolute Gasteiger partial charge is 0.258 e. The number of hydrogen-bond acceptors (Lipinski definition) is 6. The molecule has 0 spiro atoms. The Morgan fingerprint density at radius 3 is 2.67 bits per heavy atom. The number of furan rings is 1. The Morgan fingerprint density at radius 1 is 1.27 bits per heavy atom. The number of benzene rings is 1. The molecule has 1 unspecified atom stereocenters. The van der Waals surface area contributed by atoms with Gasteiger partial charge in [-0.2, -0.15) is 0 Å². The summed E-state index contributed by atoms with van der Waals surface area (Å²) in [5, 5.41) is 0.681. The molecular formula is C23H28N4O3. The summed E-state index contributed by atoms with van der Waals surface area (Å²) in [6.07, 6.45) is 3.70. The highest BCUT2D eigenvalue weighted by molar-refractivity contribution is 6.10. The number of carbonyl (C=O) groups excluding carboxylic acids is 1. The molecule has 0 N–H and O–H groups in total. The van der Waals surface area contributed by atoms with Gasteiger partial charge in [0.2, 0.25) is 5.71 Å². The Balaban J connectivity index is 1.74. The molecule has 7 heteroatoms. The van der Waals surface area contributed by atoms with E-state index in [9.17, 15) is 4.79 Å². The van der Waals surface area contributed by atoms with Crippen molar-refractivity contribution in [3.05, 3.63) is 47.5 Å². The Morgan fingerprint density at radius 2 is 2.00 bits per heavy atom. The largest absolute Gasteiger partial charge is 0.497 e. The number of hydrogen-bond donors (Lipinski definition) is 0. The van der Waals surface area contributed by atoms with Gasteiger partial charge in [0, 0.05) is 19.6 Å². The zero-order valence-corrected chi connectivity index (χ0v) is 18.4. The number of methoxy groups -OCH3 is 1. The van der Waals surface area contributed by atoms with Gasteiger partial charge < -0.3 is 19.0 Å². The molecule has 1 saturated carbocycles. The van der Waals surface area contributed by atoms with Crippen molar-refractivity contribution in [3.63, 3.8) is 0 Å². The van der Waals surface area contributed by atoms with Gasteiger partial charge in [-0.3, -0.25) is 4.79 Å². The molecule has 2 aromatic heterocycles. The maximum atomic E-state index is 13.6. The standard InChI is InChI=1S/C23H28N4O3/c1-14(16-8-7-9-17(12-16)29-6)26(4)22(28)18-15(2)30-21-19(18)20(24-13-25-21)27(5)23(3)10-11-23/h7-9,12-14H,10-11H2,1-6H3. The third-order valence-corrected chi connectivity index (χ3v) is 6.44. The summed E-state index contributed by atoms with van der Waals surface area (Å²) in [6.45, 7) is 6.01. The Labute approximate surface area is 176 Å². The van der Waals surface area contributed by atoms with Crippen LogP contribution in [0.4, 0.5) is 5.82 Å². The SMILES string of the molecule is COc1cccc(C(C)N(C)C(=O)c2c(C)oc3ncnc(N(C)C4(C)CC4)c23)c1. The summed E-state index contributed by atoms with van der Waals surface area (Å²) in [7, 11) is 5.46. The molecule has 2 heterocycles. The van der Waals surface area contributed by atoms with E-state index < -0.39 is 0 Å². The van der Waals surface area contributed by atoms with E-state index in [0.717, 1.165) is 30.0 Å². The Bertz CT molecular complexity index is 1100. The molecule has 3 aromatic rings. The van der Waals surface area contributed by atoms with Gasteiger partial charge in [0.25, 0.3) is 5.91 Å². The first-order chi connectivity index (χ1) is 14.3. The van der Waals surface area contributed by atoms with Crippen LogP contribution in [0.2, 0.25) is 0 Å². The molecule has 0 bridgehead atoms.